The van der Waals surface area contributed by atoms with Crippen LogP contribution in [0.4, 0.5) is 4.39 Å². The Morgan fingerprint density at radius 2 is 2.09 bits per heavy atom. The maximum atomic E-state index is 13.6. The summed E-state index contributed by atoms with van der Waals surface area (Å²) in [6.07, 6.45) is 1.56. The van der Waals surface area contributed by atoms with Crippen LogP contribution in [0.25, 0.3) is 0 Å². The predicted molar refractivity (Wildman–Crippen MR) is 75.1 cm³/mol. The number of furan rings is 1. The zero-order chi connectivity index (χ0) is 16.2. The van der Waals surface area contributed by atoms with E-state index in [0.29, 0.717) is 23.3 Å². The van der Waals surface area contributed by atoms with Crippen molar-refractivity contribution in [2.24, 2.45) is 0 Å². The highest BCUT2D eigenvalue weighted by Crippen LogP contribution is 2.16. The third kappa shape index (κ3) is 3.37. The second-order valence-corrected chi connectivity index (χ2v) is 4.85. The van der Waals surface area contributed by atoms with Crippen LogP contribution in [-0.2, 0) is 17.6 Å². The van der Waals surface area contributed by atoms with E-state index in [-0.39, 0.29) is 18.1 Å². The lowest BCUT2D eigenvalue weighted by Gasteiger charge is -1.99. The fourth-order valence-corrected chi connectivity index (χ4v) is 2.09. The lowest BCUT2D eigenvalue weighted by molar-refractivity contribution is -0.114. The van der Waals surface area contributed by atoms with Crippen molar-refractivity contribution in [3.8, 4) is 0 Å². The number of Topliss-reactive ketones (excluding diaryl/α,β-unsaturated/α-hetero) is 2. The van der Waals surface area contributed by atoms with Crippen molar-refractivity contribution in [1.82, 2.24) is 20.6 Å². The maximum Gasteiger partial charge on any atom is 0.269 e. The van der Waals surface area contributed by atoms with Gasteiger partial charge in [0.25, 0.3) is 5.78 Å². The summed E-state index contributed by atoms with van der Waals surface area (Å²) in [6.45, 7) is 0. The smallest absolute Gasteiger partial charge is 0.269 e. The van der Waals surface area contributed by atoms with Crippen LogP contribution in [0.5, 0.6) is 0 Å². The molecule has 0 amide bonds. The van der Waals surface area contributed by atoms with Crippen molar-refractivity contribution < 1.29 is 18.4 Å². The van der Waals surface area contributed by atoms with Crippen LogP contribution in [-0.4, -0.2) is 32.2 Å². The van der Waals surface area contributed by atoms with Crippen molar-refractivity contribution in [2.45, 2.75) is 12.8 Å². The zero-order valence-electron chi connectivity index (χ0n) is 11.8. The minimum atomic E-state index is -0.842. The molecular formula is C15H11FN4O3. The van der Waals surface area contributed by atoms with Gasteiger partial charge in [0.05, 0.1) is 12.7 Å². The Kier molecular flexibility index (Phi) is 4.05. The first-order chi connectivity index (χ1) is 11.1. The van der Waals surface area contributed by atoms with Crippen molar-refractivity contribution in [1.29, 1.82) is 0 Å². The van der Waals surface area contributed by atoms with Crippen LogP contribution in [0.15, 0.2) is 41.0 Å². The third-order valence-electron chi connectivity index (χ3n) is 3.20. The van der Waals surface area contributed by atoms with Crippen LogP contribution in [0, 0.1) is 5.82 Å². The van der Waals surface area contributed by atoms with E-state index < -0.39 is 11.6 Å². The van der Waals surface area contributed by atoms with Gasteiger partial charge in [-0.2, -0.15) is 5.21 Å². The molecule has 0 radical (unpaired) electrons. The molecule has 2 aromatic heterocycles. The Bertz CT molecular complexity index is 842. The molecule has 23 heavy (non-hydrogen) atoms. The number of ketones is 2. The van der Waals surface area contributed by atoms with Crippen LogP contribution in [0.2, 0.25) is 0 Å². The fourth-order valence-electron chi connectivity index (χ4n) is 2.09. The molecule has 3 rings (SSSR count). The van der Waals surface area contributed by atoms with Crippen molar-refractivity contribution >= 4 is 11.6 Å². The van der Waals surface area contributed by atoms with Gasteiger partial charge in [-0.15, -0.1) is 10.2 Å². The average Bonchev–Trinajstić information content (AvgIpc) is 3.21. The average molecular weight is 314 g/mol. The molecule has 0 bridgehead atoms. The van der Waals surface area contributed by atoms with Gasteiger partial charge in [0.15, 0.2) is 0 Å². The molecule has 116 valence electrons. The number of nitrogens with one attached hydrogen (secondary N) is 1. The molecule has 8 heteroatoms. The third-order valence-corrected chi connectivity index (χ3v) is 3.20. The number of nitrogens with zero attached hydrogens (tertiary/aromatic N) is 3. The number of hydrogen-bond donors (Lipinski definition) is 1. The molecule has 0 saturated carbocycles. The number of halogens is 1. The molecule has 0 aliphatic heterocycles. The standard InChI is InChI=1S/C15H11FN4O3/c16-12-4-2-1-3-10(12)5-9-6-11(23-8-9)7-13(21)14(22)15-17-19-20-18-15/h1-4,6,8H,5,7H2,(H,17,18,19,20). The highest BCUT2D eigenvalue weighted by Gasteiger charge is 2.22. The number of carbonyl (C=O) groups excluding carboxylic acids is 2. The van der Waals surface area contributed by atoms with E-state index in [1.54, 1.807) is 24.3 Å². The zero-order valence-corrected chi connectivity index (χ0v) is 11.8. The Morgan fingerprint density at radius 1 is 1.26 bits per heavy atom. The van der Waals surface area contributed by atoms with Crippen LogP contribution < -0.4 is 0 Å². The van der Waals surface area contributed by atoms with Crippen molar-refractivity contribution in [3.05, 3.63) is 65.1 Å². The monoisotopic (exact) mass is 314 g/mol. The predicted octanol–water partition coefficient (Wildman–Crippen LogP) is 1.52. The molecular weight excluding hydrogens is 303 g/mol. The number of tetrazole rings is 1. The highest BCUT2D eigenvalue weighted by molar-refractivity contribution is 6.42. The van der Waals surface area contributed by atoms with E-state index >= 15 is 0 Å². The number of carbonyl (C=O) groups is 2. The molecule has 2 heterocycles. The lowest BCUT2D eigenvalue weighted by atomic mass is 10.1. The first kappa shape index (κ1) is 14.8. The molecule has 0 unspecified atom stereocenters. The van der Waals surface area contributed by atoms with Gasteiger partial charge >= 0.3 is 0 Å². The summed E-state index contributed by atoms with van der Waals surface area (Å²) >= 11 is 0. The second-order valence-electron chi connectivity index (χ2n) is 4.85. The second kappa shape index (κ2) is 6.30. The topological polar surface area (TPSA) is 102 Å². The summed E-state index contributed by atoms with van der Waals surface area (Å²) in [5, 5.41) is 12.2. The van der Waals surface area contributed by atoms with Gasteiger partial charge in [-0.1, -0.05) is 18.2 Å². The number of aromatic amines is 1. The summed E-state index contributed by atoms with van der Waals surface area (Å²) in [7, 11) is 0. The minimum Gasteiger partial charge on any atom is -0.469 e. The van der Waals surface area contributed by atoms with Gasteiger partial charge in [-0.3, -0.25) is 9.59 Å². The minimum absolute atomic E-state index is 0.218. The number of hydrogen-bond acceptors (Lipinski definition) is 6. The summed E-state index contributed by atoms with van der Waals surface area (Å²) < 4.78 is 18.9. The molecule has 7 nitrogen and oxygen atoms in total. The highest BCUT2D eigenvalue weighted by atomic mass is 19.1. The first-order valence-corrected chi connectivity index (χ1v) is 6.74. The fraction of sp³-hybridized carbons (Fsp3) is 0.133. The van der Waals surface area contributed by atoms with Gasteiger partial charge in [0.1, 0.15) is 11.6 Å². The van der Waals surface area contributed by atoms with E-state index in [2.05, 4.69) is 20.6 Å². The van der Waals surface area contributed by atoms with Gasteiger partial charge in [-0.05, 0) is 28.5 Å². The first-order valence-electron chi connectivity index (χ1n) is 6.74. The van der Waals surface area contributed by atoms with E-state index in [4.69, 9.17) is 4.42 Å². The quantitative estimate of drug-likeness (QED) is 0.546. The summed E-state index contributed by atoms with van der Waals surface area (Å²) in [6, 6.07) is 8.03. The molecule has 0 spiro atoms. The number of H-pyrrole nitrogens is 1. The Balaban J connectivity index is 1.67. The number of aromatic nitrogens is 4. The van der Waals surface area contributed by atoms with Gasteiger partial charge in [0.2, 0.25) is 11.6 Å². The van der Waals surface area contributed by atoms with Crippen LogP contribution in [0.1, 0.15) is 27.5 Å². The van der Waals surface area contributed by atoms with E-state index in [1.807, 2.05) is 0 Å². The van der Waals surface area contributed by atoms with Crippen molar-refractivity contribution in [3.63, 3.8) is 0 Å². The summed E-state index contributed by atoms with van der Waals surface area (Å²) in [5.74, 6) is -1.83. The van der Waals surface area contributed by atoms with E-state index in [9.17, 15) is 14.0 Å². The van der Waals surface area contributed by atoms with Gasteiger partial charge < -0.3 is 4.42 Å². The number of rotatable bonds is 6. The molecule has 0 aliphatic carbocycles. The molecule has 1 N–H and O–H groups in total. The Hall–Kier alpha value is -3.16. The lowest BCUT2D eigenvalue weighted by Crippen LogP contribution is -2.18. The SMILES string of the molecule is O=C(Cc1cc(Cc2ccccc2F)co1)C(=O)c1nn[nH]n1. The Morgan fingerprint density at radius 3 is 2.83 bits per heavy atom. The van der Waals surface area contributed by atoms with E-state index in [0.717, 1.165) is 0 Å². The van der Waals surface area contributed by atoms with Crippen LogP contribution >= 0.6 is 0 Å². The number of benzene rings is 1. The molecule has 0 saturated heterocycles. The normalized spacial score (nSPS) is 10.7. The van der Waals surface area contributed by atoms with Gasteiger partial charge in [-0.25, -0.2) is 4.39 Å². The molecule has 3 aromatic rings. The Labute approximate surface area is 129 Å². The van der Waals surface area contributed by atoms with E-state index in [1.165, 1.54) is 12.3 Å². The van der Waals surface area contributed by atoms with Crippen molar-refractivity contribution in [2.75, 3.05) is 0 Å². The largest absolute Gasteiger partial charge is 0.469 e. The van der Waals surface area contributed by atoms with Crippen LogP contribution in [0.3, 0.4) is 0 Å². The molecule has 0 fully saturated rings. The van der Waals surface area contributed by atoms with Gasteiger partial charge in [0, 0.05) is 6.42 Å². The molecule has 1 aromatic carbocycles. The molecule has 0 atom stereocenters. The summed E-state index contributed by atoms with van der Waals surface area (Å²) in [4.78, 5) is 23.6. The maximum absolute atomic E-state index is 13.6. The summed E-state index contributed by atoms with van der Waals surface area (Å²) in [5.41, 5.74) is 1.24. The molecule has 0 aliphatic rings.